The van der Waals surface area contributed by atoms with Gasteiger partial charge in [-0.05, 0) is 48.5 Å². The molecule has 1 N–H and O–H groups in total. The van der Waals surface area contributed by atoms with Crippen LogP contribution in [0.15, 0.2) is 97.3 Å². The van der Waals surface area contributed by atoms with Crippen LogP contribution in [0.25, 0.3) is 22.2 Å². The zero-order valence-corrected chi connectivity index (χ0v) is 16.9. The molecule has 1 aliphatic rings. The Morgan fingerprint density at radius 2 is 1.41 bits per heavy atom. The molecule has 0 amide bonds. The van der Waals surface area contributed by atoms with Crippen molar-refractivity contribution in [2.24, 2.45) is 0 Å². The van der Waals surface area contributed by atoms with Crippen molar-refractivity contribution in [3.05, 3.63) is 108 Å². The maximum absolute atomic E-state index is 13.4. The number of fused-ring (bicyclic) bond motifs is 2. The van der Waals surface area contributed by atoms with E-state index in [0.29, 0.717) is 11.1 Å². The highest BCUT2D eigenvalue weighted by Gasteiger charge is 2.28. The van der Waals surface area contributed by atoms with Gasteiger partial charge in [0.2, 0.25) is 0 Å². The van der Waals surface area contributed by atoms with Gasteiger partial charge in [0.05, 0.1) is 22.5 Å². The number of hydrogen-bond acceptors (Lipinski definition) is 5. The predicted octanol–water partition coefficient (Wildman–Crippen LogP) is 6.38. The molecule has 1 heterocycles. The second-order valence-electron chi connectivity index (χ2n) is 7.54. The van der Waals surface area contributed by atoms with Crippen molar-refractivity contribution >= 4 is 28.1 Å². The number of ketones is 1. The van der Waals surface area contributed by atoms with Crippen LogP contribution in [0, 0.1) is 0 Å². The summed E-state index contributed by atoms with van der Waals surface area (Å²) in [4.78, 5) is 22.3. The van der Waals surface area contributed by atoms with E-state index in [-0.39, 0.29) is 5.78 Å². The van der Waals surface area contributed by atoms with Gasteiger partial charge in [-0.3, -0.25) is 4.79 Å². The number of nitrogens with zero attached hydrogens (tertiary/aromatic N) is 2. The van der Waals surface area contributed by atoms with Gasteiger partial charge >= 0.3 is 0 Å². The number of aromatic nitrogens is 2. The lowest BCUT2D eigenvalue weighted by atomic mass is 9.86. The summed E-state index contributed by atoms with van der Waals surface area (Å²) in [5.41, 5.74) is 5.22. The number of rotatable bonds is 4. The molecule has 0 fully saturated rings. The number of nitrogens with one attached hydrogen (secondary N) is 1. The number of anilines is 2. The van der Waals surface area contributed by atoms with Gasteiger partial charge in [0.15, 0.2) is 5.78 Å². The highest BCUT2D eigenvalue weighted by Crippen LogP contribution is 2.41. The van der Waals surface area contributed by atoms with E-state index >= 15 is 0 Å². The van der Waals surface area contributed by atoms with Crippen molar-refractivity contribution in [2.45, 2.75) is 0 Å². The van der Waals surface area contributed by atoms with E-state index in [9.17, 15) is 4.79 Å². The summed E-state index contributed by atoms with van der Waals surface area (Å²) in [7, 11) is 0. The molecule has 5 heteroatoms. The normalized spacial score (nSPS) is 11.8. The summed E-state index contributed by atoms with van der Waals surface area (Å²) in [5, 5.41) is 4.18. The molecular formula is C27H17N3O2. The molecule has 152 valence electrons. The number of carbonyl (C=O) groups is 1. The zero-order chi connectivity index (χ0) is 21.5. The Morgan fingerprint density at radius 3 is 2.22 bits per heavy atom. The van der Waals surface area contributed by atoms with E-state index < -0.39 is 0 Å². The maximum Gasteiger partial charge on any atom is 0.196 e. The standard InChI is InChI=1S/C27H17N3O2/c31-27-21-9-5-4-8-20(21)26-24-22(28-16-29-26)14-15-23(25(24)27)30-17-10-12-19(13-11-17)32-18-6-2-1-3-7-18/h1-16,30H. The molecule has 5 nitrogen and oxygen atoms in total. The van der Waals surface area contributed by atoms with Crippen LogP contribution in [-0.4, -0.2) is 15.8 Å². The van der Waals surface area contributed by atoms with Crippen LogP contribution in [0.3, 0.4) is 0 Å². The number of ether oxygens (including phenoxy) is 1. The average Bonchev–Trinajstić information content (AvgIpc) is 2.85. The summed E-state index contributed by atoms with van der Waals surface area (Å²) in [6.45, 7) is 0. The lowest BCUT2D eigenvalue weighted by molar-refractivity contribution is 0.104. The van der Waals surface area contributed by atoms with Crippen LogP contribution in [0.2, 0.25) is 0 Å². The van der Waals surface area contributed by atoms with Crippen molar-refractivity contribution in [3.63, 3.8) is 0 Å². The van der Waals surface area contributed by atoms with E-state index in [1.165, 1.54) is 0 Å². The molecule has 4 aromatic carbocycles. The Hall–Kier alpha value is -4.51. The molecule has 0 saturated heterocycles. The van der Waals surface area contributed by atoms with Gasteiger partial charge in [0.1, 0.15) is 17.8 Å². The average molecular weight is 415 g/mol. The predicted molar refractivity (Wildman–Crippen MR) is 125 cm³/mol. The highest BCUT2D eigenvalue weighted by molar-refractivity contribution is 6.27. The van der Waals surface area contributed by atoms with Crippen molar-refractivity contribution in [1.82, 2.24) is 9.97 Å². The van der Waals surface area contributed by atoms with Crippen LogP contribution in [0.1, 0.15) is 15.9 Å². The topological polar surface area (TPSA) is 64.1 Å². The minimum atomic E-state index is -0.0277. The fourth-order valence-electron chi connectivity index (χ4n) is 4.11. The third-order valence-corrected chi connectivity index (χ3v) is 5.57. The molecule has 0 radical (unpaired) electrons. The third kappa shape index (κ3) is 2.99. The van der Waals surface area contributed by atoms with E-state index in [4.69, 9.17) is 4.74 Å². The van der Waals surface area contributed by atoms with Crippen LogP contribution in [-0.2, 0) is 0 Å². The van der Waals surface area contributed by atoms with E-state index in [1.54, 1.807) is 6.33 Å². The highest BCUT2D eigenvalue weighted by atomic mass is 16.5. The Balaban J connectivity index is 1.39. The summed E-state index contributed by atoms with van der Waals surface area (Å²) >= 11 is 0. The van der Waals surface area contributed by atoms with E-state index in [0.717, 1.165) is 45.0 Å². The molecule has 1 aliphatic carbocycles. The molecule has 0 bridgehead atoms. The fourth-order valence-corrected chi connectivity index (χ4v) is 4.11. The Morgan fingerprint density at radius 1 is 0.688 bits per heavy atom. The quantitative estimate of drug-likeness (QED) is 0.362. The van der Waals surface area contributed by atoms with Gasteiger partial charge in [-0.2, -0.15) is 0 Å². The molecule has 32 heavy (non-hydrogen) atoms. The summed E-state index contributed by atoms with van der Waals surface area (Å²) in [6.07, 6.45) is 1.55. The lowest BCUT2D eigenvalue weighted by Crippen LogP contribution is -2.13. The summed E-state index contributed by atoms with van der Waals surface area (Å²) in [5.74, 6) is 1.49. The number of benzene rings is 4. The Labute approximate surface area is 184 Å². The van der Waals surface area contributed by atoms with Gasteiger partial charge in [0.25, 0.3) is 0 Å². The molecule has 1 aromatic heterocycles. The SMILES string of the molecule is O=C1c2ccccc2-c2ncnc3ccc(Nc4ccc(Oc5ccccc5)cc4)c1c23. The van der Waals surface area contributed by atoms with Crippen LogP contribution >= 0.6 is 0 Å². The molecule has 0 unspecified atom stereocenters. The van der Waals surface area contributed by atoms with Gasteiger partial charge in [0, 0.05) is 22.2 Å². The van der Waals surface area contributed by atoms with Gasteiger partial charge in [-0.1, -0.05) is 42.5 Å². The van der Waals surface area contributed by atoms with E-state index in [1.807, 2.05) is 91.0 Å². The van der Waals surface area contributed by atoms with Crippen molar-refractivity contribution in [1.29, 1.82) is 0 Å². The van der Waals surface area contributed by atoms with Gasteiger partial charge in [-0.25, -0.2) is 9.97 Å². The summed E-state index contributed by atoms with van der Waals surface area (Å²) in [6, 6.07) is 28.7. The second-order valence-corrected chi connectivity index (χ2v) is 7.54. The first-order valence-electron chi connectivity index (χ1n) is 10.3. The fraction of sp³-hybridized carbons (Fsp3) is 0. The molecule has 5 aromatic rings. The maximum atomic E-state index is 13.4. The van der Waals surface area contributed by atoms with Crippen molar-refractivity contribution < 1.29 is 9.53 Å². The van der Waals surface area contributed by atoms with Crippen molar-refractivity contribution in [3.8, 4) is 22.8 Å². The molecule has 0 aliphatic heterocycles. The Bertz CT molecular complexity index is 1480. The molecular weight excluding hydrogens is 398 g/mol. The van der Waals surface area contributed by atoms with E-state index in [2.05, 4.69) is 15.3 Å². The second kappa shape index (κ2) is 7.32. The minimum absolute atomic E-state index is 0.0277. The first kappa shape index (κ1) is 18.3. The van der Waals surface area contributed by atoms with Gasteiger partial charge in [-0.15, -0.1) is 0 Å². The molecule has 0 saturated carbocycles. The number of carbonyl (C=O) groups excluding carboxylic acids is 1. The van der Waals surface area contributed by atoms with Crippen LogP contribution in [0.5, 0.6) is 11.5 Å². The molecule has 0 spiro atoms. The molecule has 6 rings (SSSR count). The van der Waals surface area contributed by atoms with Crippen molar-refractivity contribution in [2.75, 3.05) is 5.32 Å². The summed E-state index contributed by atoms with van der Waals surface area (Å²) < 4.78 is 5.87. The minimum Gasteiger partial charge on any atom is -0.457 e. The molecule has 0 atom stereocenters. The number of hydrogen-bond donors (Lipinski definition) is 1. The zero-order valence-electron chi connectivity index (χ0n) is 16.9. The largest absolute Gasteiger partial charge is 0.457 e. The monoisotopic (exact) mass is 415 g/mol. The number of para-hydroxylation sites is 1. The van der Waals surface area contributed by atoms with Crippen LogP contribution in [0.4, 0.5) is 11.4 Å². The van der Waals surface area contributed by atoms with Crippen LogP contribution < -0.4 is 10.1 Å². The third-order valence-electron chi connectivity index (χ3n) is 5.57. The first-order chi connectivity index (χ1) is 15.8. The smallest absolute Gasteiger partial charge is 0.196 e. The first-order valence-corrected chi connectivity index (χ1v) is 10.3. The Kier molecular flexibility index (Phi) is 4.18. The van der Waals surface area contributed by atoms with Gasteiger partial charge < -0.3 is 10.1 Å². The lowest BCUT2D eigenvalue weighted by Gasteiger charge is -2.21.